The highest BCUT2D eigenvalue weighted by Crippen LogP contribution is 2.16. The van der Waals surface area contributed by atoms with E-state index in [1.807, 2.05) is 6.92 Å². The minimum atomic E-state index is -0.294. The second-order valence-corrected chi connectivity index (χ2v) is 5.15. The lowest BCUT2D eigenvalue weighted by atomic mass is 10.1. The molecule has 0 aliphatic carbocycles. The van der Waals surface area contributed by atoms with Crippen molar-refractivity contribution in [2.45, 2.75) is 38.6 Å². The number of carbonyl (C=O) groups is 2. The highest BCUT2D eigenvalue weighted by Gasteiger charge is 2.31. The Morgan fingerprint density at radius 2 is 2.30 bits per heavy atom. The molecule has 114 valence electrons. The predicted octanol–water partition coefficient (Wildman–Crippen LogP) is 0.845. The lowest BCUT2D eigenvalue weighted by molar-refractivity contribution is -0.137. The number of nitrogens with one attached hydrogen (secondary N) is 2. The molecule has 0 bridgehead atoms. The molecule has 0 aromatic rings. The molecule has 1 saturated heterocycles. The van der Waals surface area contributed by atoms with E-state index in [1.165, 1.54) is 5.57 Å². The van der Waals surface area contributed by atoms with Gasteiger partial charge in [-0.15, -0.1) is 12.4 Å². The maximum Gasteiger partial charge on any atom is 0.243 e. The molecule has 2 rings (SSSR count). The fourth-order valence-electron chi connectivity index (χ4n) is 2.69. The van der Waals surface area contributed by atoms with Gasteiger partial charge in [0.25, 0.3) is 0 Å². The van der Waals surface area contributed by atoms with Crippen LogP contribution in [0.25, 0.3) is 0 Å². The topological polar surface area (TPSA) is 61.4 Å². The van der Waals surface area contributed by atoms with Gasteiger partial charge in [0.05, 0.1) is 0 Å². The summed E-state index contributed by atoms with van der Waals surface area (Å²) in [5, 5.41) is 6.22. The van der Waals surface area contributed by atoms with E-state index in [0.717, 1.165) is 32.5 Å². The molecule has 1 fully saturated rings. The summed E-state index contributed by atoms with van der Waals surface area (Å²) in [6.07, 6.45) is 5.25. The minimum Gasteiger partial charge on any atom is -0.351 e. The van der Waals surface area contributed by atoms with Gasteiger partial charge in [0.15, 0.2) is 0 Å². The third-order valence-electron chi connectivity index (χ3n) is 3.82. The zero-order chi connectivity index (χ0) is 13.7. The molecule has 2 N–H and O–H groups in total. The Balaban J connectivity index is 0.00000200. The smallest absolute Gasteiger partial charge is 0.243 e. The maximum atomic E-state index is 12.2. The molecule has 2 amide bonds. The first-order valence-corrected chi connectivity index (χ1v) is 7.18. The standard InChI is InChI=1S/C14H23N3O2.ClH/c1-2-12(17-9-3-4-13(17)18)14(19)16-10-11-5-7-15-8-6-11;/h5,12,15H,2-4,6-10H2,1H3,(H,16,19);1H. The SMILES string of the molecule is CCC(C(=O)NCC1=CCNCC1)N1CCCC1=O.Cl. The van der Waals surface area contributed by atoms with Gasteiger partial charge in [0.1, 0.15) is 6.04 Å². The summed E-state index contributed by atoms with van der Waals surface area (Å²) in [6.45, 7) is 5.15. The van der Waals surface area contributed by atoms with Crippen molar-refractivity contribution in [2.24, 2.45) is 0 Å². The predicted molar refractivity (Wildman–Crippen MR) is 80.9 cm³/mol. The molecule has 20 heavy (non-hydrogen) atoms. The van der Waals surface area contributed by atoms with Crippen LogP contribution < -0.4 is 10.6 Å². The molecule has 6 heteroatoms. The van der Waals surface area contributed by atoms with Crippen LogP contribution in [-0.2, 0) is 9.59 Å². The van der Waals surface area contributed by atoms with Crippen molar-refractivity contribution in [3.63, 3.8) is 0 Å². The van der Waals surface area contributed by atoms with E-state index in [1.54, 1.807) is 4.90 Å². The summed E-state index contributed by atoms with van der Waals surface area (Å²) in [5.41, 5.74) is 1.27. The van der Waals surface area contributed by atoms with E-state index in [0.29, 0.717) is 19.4 Å². The number of likely N-dealkylation sites (tertiary alicyclic amines) is 1. The van der Waals surface area contributed by atoms with Crippen molar-refractivity contribution in [3.05, 3.63) is 11.6 Å². The Morgan fingerprint density at radius 1 is 1.50 bits per heavy atom. The van der Waals surface area contributed by atoms with Gasteiger partial charge in [-0.05, 0) is 25.8 Å². The van der Waals surface area contributed by atoms with Crippen LogP contribution in [0.2, 0.25) is 0 Å². The summed E-state index contributed by atoms with van der Waals surface area (Å²) < 4.78 is 0. The van der Waals surface area contributed by atoms with Crippen molar-refractivity contribution in [2.75, 3.05) is 26.2 Å². The Kier molecular flexibility index (Phi) is 7.02. The summed E-state index contributed by atoms with van der Waals surface area (Å²) in [4.78, 5) is 25.6. The molecule has 0 aromatic carbocycles. The number of carbonyl (C=O) groups excluding carboxylic acids is 2. The maximum absolute atomic E-state index is 12.2. The fourth-order valence-corrected chi connectivity index (χ4v) is 2.69. The Hall–Kier alpha value is -1.07. The van der Waals surface area contributed by atoms with Gasteiger partial charge in [-0.25, -0.2) is 0 Å². The molecular formula is C14H24ClN3O2. The van der Waals surface area contributed by atoms with Crippen molar-refractivity contribution in [1.82, 2.24) is 15.5 Å². The lowest BCUT2D eigenvalue weighted by Gasteiger charge is -2.26. The van der Waals surface area contributed by atoms with Crippen LogP contribution in [0, 0.1) is 0 Å². The number of halogens is 1. The van der Waals surface area contributed by atoms with Crippen LogP contribution in [0.5, 0.6) is 0 Å². The molecular weight excluding hydrogens is 278 g/mol. The van der Waals surface area contributed by atoms with Gasteiger partial charge in [0, 0.05) is 26.1 Å². The number of hydrogen-bond donors (Lipinski definition) is 2. The van der Waals surface area contributed by atoms with Crippen molar-refractivity contribution >= 4 is 24.2 Å². The first-order valence-electron chi connectivity index (χ1n) is 7.18. The number of nitrogens with zero attached hydrogens (tertiary/aromatic N) is 1. The van der Waals surface area contributed by atoms with Crippen LogP contribution in [0.1, 0.15) is 32.6 Å². The van der Waals surface area contributed by atoms with Crippen LogP contribution in [-0.4, -0.2) is 48.9 Å². The van der Waals surface area contributed by atoms with Gasteiger partial charge in [-0.1, -0.05) is 18.6 Å². The first kappa shape index (κ1) is 17.0. The van der Waals surface area contributed by atoms with E-state index in [9.17, 15) is 9.59 Å². The zero-order valence-electron chi connectivity index (χ0n) is 12.0. The van der Waals surface area contributed by atoms with E-state index < -0.39 is 0 Å². The molecule has 0 spiro atoms. The molecule has 5 nitrogen and oxygen atoms in total. The average Bonchev–Trinajstić information content (AvgIpc) is 2.85. The monoisotopic (exact) mass is 301 g/mol. The largest absolute Gasteiger partial charge is 0.351 e. The van der Waals surface area contributed by atoms with Gasteiger partial charge < -0.3 is 15.5 Å². The molecule has 0 radical (unpaired) electrons. The molecule has 1 atom stereocenters. The van der Waals surface area contributed by atoms with Gasteiger partial charge in [-0.2, -0.15) is 0 Å². The molecule has 2 aliphatic heterocycles. The van der Waals surface area contributed by atoms with Crippen molar-refractivity contribution < 1.29 is 9.59 Å². The lowest BCUT2D eigenvalue weighted by Crippen LogP contribution is -2.47. The zero-order valence-corrected chi connectivity index (χ0v) is 12.8. The van der Waals surface area contributed by atoms with Gasteiger partial charge in [-0.3, -0.25) is 9.59 Å². The fraction of sp³-hybridized carbons (Fsp3) is 0.714. The van der Waals surface area contributed by atoms with Crippen LogP contribution >= 0.6 is 12.4 Å². The number of hydrogen-bond acceptors (Lipinski definition) is 3. The van der Waals surface area contributed by atoms with Crippen LogP contribution in [0.4, 0.5) is 0 Å². The molecule has 1 unspecified atom stereocenters. The number of rotatable bonds is 5. The third-order valence-corrected chi connectivity index (χ3v) is 3.82. The van der Waals surface area contributed by atoms with Gasteiger partial charge >= 0.3 is 0 Å². The third kappa shape index (κ3) is 4.21. The Bertz CT molecular complexity index is 385. The van der Waals surface area contributed by atoms with Crippen LogP contribution in [0.3, 0.4) is 0 Å². The van der Waals surface area contributed by atoms with E-state index in [-0.39, 0.29) is 30.3 Å². The number of amides is 2. The quantitative estimate of drug-likeness (QED) is 0.740. The summed E-state index contributed by atoms with van der Waals surface area (Å²) >= 11 is 0. The van der Waals surface area contributed by atoms with E-state index in [4.69, 9.17) is 0 Å². The van der Waals surface area contributed by atoms with Gasteiger partial charge in [0.2, 0.25) is 11.8 Å². The molecule has 2 aliphatic rings. The summed E-state index contributed by atoms with van der Waals surface area (Å²) in [7, 11) is 0. The Labute approximate surface area is 126 Å². The first-order chi connectivity index (χ1) is 9.22. The van der Waals surface area contributed by atoms with Crippen molar-refractivity contribution in [1.29, 1.82) is 0 Å². The summed E-state index contributed by atoms with van der Waals surface area (Å²) in [6, 6.07) is -0.294. The van der Waals surface area contributed by atoms with E-state index >= 15 is 0 Å². The second kappa shape index (κ2) is 8.27. The normalized spacial score (nSPS) is 20.1. The average molecular weight is 302 g/mol. The van der Waals surface area contributed by atoms with Crippen LogP contribution in [0.15, 0.2) is 11.6 Å². The Morgan fingerprint density at radius 3 is 2.85 bits per heavy atom. The second-order valence-electron chi connectivity index (χ2n) is 5.15. The van der Waals surface area contributed by atoms with Crippen molar-refractivity contribution in [3.8, 4) is 0 Å². The minimum absolute atomic E-state index is 0. The highest BCUT2D eigenvalue weighted by atomic mass is 35.5. The molecule has 0 aromatic heterocycles. The summed E-state index contributed by atoms with van der Waals surface area (Å²) in [5.74, 6) is 0.0975. The molecule has 0 saturated carbocycles. The molecule has 2 heterocycles. The van der Waals surface area contributed by atoms with E-state index in [2.05, 4.69) is 16.7 Å². The highest BCUT2D eigenvalue weighted by molar-refractivity contribution is 5.88.